The van der Waals surface area contributed by atoms with Gasteiger partial charge in [0.1, 0.15) is 0 Å². The summed E-state index contributed by atoms with van der Waals surface area (Å²) in [5.41, 5.74) is 2.37. The summed E-state index contributed by atoms with van der Waals surface area (Å²) in [7, 11) is 0. The molecule has 0 spiro atoms. The number of aromatic amines is 1. The van der Waals surface area contributed by atoms with Crippen molar-refractivity contribution < 1.29 is 4.98 Å². The second kappa shape index (κ2) is 3.54. The lowest BCUT2D eigenvalue weighted by Gasteiger charge is -2.01. The van der Waals surface area contributed by atoms with Gasteiger partial charge in [-0.3, -0.25) is 0 Å². The predicted octanol–water partition coefficient (Wildman–Crippen LogP) is 3.96. The van der Waals surface area contributed by atoms with Crippen molar-refractivity contribution in [2.45, 2.75) is 0 Å². The van der Waals surface area contributed by atoms with Crippen molar-refractivity contribution in [1.29, 1.82) is 0 Å². The van der Waals surface area contributed by atoms with Crippen LogP contribution in [0.2, 0.25) is 0 Å². The summed E-state index contributed by atoms with van der Waals surface area (Å²) in [5, 5.41) is 5.12. The van der Waals surface area contributed by atoms with Gasteiger partial charge in [0.05, 0.1) is 5.39 Å². The molecule has 0 atom stereocenters. The van der Waals surface area contributed by atoms with Crippen molar-refractivity contribution in [3.05, 3.63) is 66.7 Å². The van der Waals surface area contributed by atoms with E-state index in [0.717, 1.165) is 0 Å². The molecule has 0 unspecified atom stereocenters. The molecule has 4 rings (SSSR count). The molecule has 0 fully saturated rings. The van der Waals surface area contributed by atoms with E-state index in [-0.39, 0.29) is 0 Å². The summed E-state index contributed by atoms with van der Waals surface area (Å²) in [4.78, 5) is 3.50. The van der Waals surface area contributed by atoms with E-state index in [1.165, 1.54) is 32.6 Å². The number of hydrogen-bond donors (Lipinski definition) is 0. The van der Waals surface area contributed by atoms with E-state index in [0.29, 0.717) is 0 Å². The second-order valence-corrected chi connectivity index (χ2v) is 4.60. The Labute approximate surface area is 105 Å². The number of nitrogens with one attached hydrogen (secondary N) is 1. The van der Waals surface area contributed by atoms with Gasteiger partial charge in [0.25, 0.3) is 0 Å². The van der Waals surface area contributed by atoms with Gasteiger partial charge in [-0.1, -0.05) is 36.4 Å². The van der Waals surface area contributed by atoms with Crippen LogP contribution in [0.15, 0.2) is 66.7 Å². The molecule has 84 valence electrons. The fourth-order valence-corrected chi connectivity index (χ4v) is 2.60. The van der Waals surface area contributed by atoms with Gasteiger partial charge in [-0.2, -0.15) is 0 Å². The Balaban J connectivity index is 2.27. The Morgan fingerprint density at radius 1 is 0.556 bits per heavy atom. The number of rotatable bonds is 0. The maximum absolute atomic E-state index is 3.50. The highest BCUT2D eigenvalue weighted by molar-refractivity contribution is 6.07. The lowest BCUT2D eigenvalue weighted by Crippen LogP contribution is -2.04. The molecule has 0 saturated heterocycles. The summed E-state index contributed by atoms with van der Waals surface area (Å²) >= 11 is 0. The van der Waals surface area contributed by atoms with Crippen LogP contribution in [-0.4, -0.2) is 0 Å². The van der Waals surface area contributed by atoms with Gasteiger partial charge in [0, 0.05) is 17.5 Å². The fourth-order valence-electron chi connectivity index (χ4n) is 2.60. The molecule has 0 bridgehead atoms. The SMILES string of the molecule is c1ccc2[nH+]c3ccc4ccccc4c3cc2c1. The van der Waals surface area contributed by atoms with Gasteiger partial charge >= 0.3 is 0 Å². The molecule has 0 aliphatic carbocycles. The van der Waals surface area contributed by atoms with Crippen LogP contribution in [0.25, 0.3) is 32.6 Å². The highest BCUT2D eigenvalue weighted by Gasteiger charge is 2.07. The first-order valence-corrected chi connectivity index (χ1v) is 6.14. The monoisotopic (exact) mass is 230 g/mol. The molecule has 0 aliphatic heterocycles. The number of fused-ring (bicyclic) bond motifs is 4. The lowest BCUT2D eigenvalue weighted by molar-refractivity contribution is -0.310. The van der Waals surface area contributed by atoms with Crippen LogP contribution in [0.5, 0.6) is 0 Å². The molecule has 0 radical (unpaired) electrons. The summed E-state index contributed by atoms with van der Waals surface area (Å²) in [6, 6.07) is 23.5. The Bertz CT molecular complexity index is 872. The minimum absolute atomic E-state index is 1.18. The maximum atomic E-state index is 3.50. The molecular formula is C17H12N+. The highest BCUT2D eigenvalue weighted by Crippen LogP contribution is 2.25. The van der Waals surface area contributed by atoms with Gasteiger partial charge in [-0.25, -0.2) is 4.98 Å². The van der Waals surface area contributed by atoms with Gasteiger partial charge in [-0.05, 0) is 29.0 Å². The van der Waals surface area contributed by atoms with Crippen LogP contribution in [0.3, 0.4) is 0 Å². The molecule has 18 heavy (non-hydrogen) atoms. The van der Waals surface area contributed by atoms with Crippen molar-refractivity contribution in [2.75, 3.05) is 0 Å². The van der Waals surface area contributed by atoms with E-state index in [1.807, 2.05) is 0 Å². The third-order valence-electron chi connectivity index (χ3n) is 3.50. The molecule has 1 aromatic heterocycles. The standard InChI is InChI=1S/C17H11N/c1-3-7-14-12(5-1)9-10-17-15(14)11-13-6-2-4-8-16(13)18-17/h1-11H/p+1. The summed E-state index contributed by atoms with van der Waals surface area (Å²) in [5.74, 6) is 0. The van der Waals surface area contributed by atoms with Crippen LogP contribution in [0, 0.1) is 0 Å². The minimum Gasteiger partial charge on any atom is -0.204 e. The fraction of sp³-hybridized carbons (Fsp3) is 0. The topological polar surface area (TPSA) is 14.1 Å². The highest BCUT2D eigenvalue weighted by atomic mass is 14.7. The molecule has 0 amide bonds. The molecule has 4 aromatic rings. The molecule has 1 nitrogen and oxygen atoms in total. The Morgan fingerprint density at radius 2 is 1.33 bits per heavy atom. The largest absolute Gasteiger partial charge is 0.211 e. The molecule has 0 saturated carbocycles. The smallest absolute Gasteiger partial charge is 0.204 e. The van der Waals surface area contributed by atoms with Crippen LogP contribution in [0.1, 0.15) is 0 Å². The average molecular weight is 230 g/mol. The van der Waals surface area contributed by atoms with E-state index in [9.17, 15) is 0 Å². The molecule has 0 aliphatic rings. The first-order valence-electron chi connectivity index (χ1n) is 6.14. The van der Waals surface area contributed by atoms with Crippen LogP contribution < -0.4 is 4.98 Å². The third kappa shape index (κ3) is 1.31. The number of hydrogen-bond acceptors (Lipinski definition) is 0. The van der Waals surface area contributed by atoms with Crippen molar-refractivity contribution >= 4 is 32.6 Å². The Morgan fingerprint density at radius 3 is 2.28 bits per heavy atom. The minimum atomic E-state index is 1.18. The van der Waals surface area contributed by atoms with Crippen molar-refractivity contribution in [3.8, 4) is 0 Å². The van der Waals surface area contributed by atoms with Gasteiger partial charge in [0.15, 0.2) is 0 Å². The summed E-state index contributed by atoms with van der Waals surface area (Å²) in [6.45, 7) is 0. The number of pyridine rings is 1. The van der Waals surface area contributed by atoms with E-state index in [2.05, 4.69) is 71.7 Å². The van der Waals surface area contributed by atoms with Crippen LogP contribution >= 0.6 is 0 Å². The normalized spacial score (nSPS) is 11.3. The molecule has 1 heteroatoms. The zero-order valence-corrected chi connectivity index (χ0v) is 9.85. The lowest BCUT2D eigenvalue weighted by atomic mass is 10.0. The zero-order chi connectivity index (χ0) is 11.9. The number of para-hydroxylation sites is 1. The van der Waals surface area contributed by atoms with E-state index in [4.69, 9.17) is 0 Å². The van der Waals surface area contributed by atoms with Crippen molar-refractivity contribution in [3.63, 3.8) is 0 Å². The zero-order valence-electron chi connectivity index (χ0n) is 9.85. The van der Waals surface area contributed by atoms with Gasteiger partial charge in [-0.15, -0.1) is 0 Å². The molecule has 3 aromatic carbocycles. The van der Waals surface area contributed by atoms with Gasteiger partial charge in [0.2, 0.25) is 11.0 Å². The third-order valence-corrected chi connectivity index (χ3v) is 3.50. The molecule has 1 heterocycles. The van der Waals surface area contributed by atoms with E-state index < -0.39 is 0 Å². The average Bonchev–Trinajstić information content (AvgIpc) is 2.45. The van der Waals surface area contributed by atoms with Crippen molar-refractivity contribution in [1.82, 2.24) is 0 Å². The number of benzene rings is 3. The first kappa shape index (κ1) is 9.60. The van der Waals surface area contributed by atoms with E-state index in [1.54, 1.807) is 0 Å². The summed E-state index contributed by atoms with van der Waals surface area (Å²) in [6.07, 6.45) is 0. The second-order valence-electron chi connectivity index (χ2n) is 4.60. The number of H-pyrrole nitrogens is 1. The predicted molar refractivity (Wildman–Crippen MR) is 75.5 cm³/mol. The van der Waals surface area contributed by atoms with Crippen molar-refractivity contribution in [2.24, 2.45) is 0 Å². The van der Waals surface area contributed by atoms with Crippen LogP contribution in [0.4, 0.5) is 0 Å². The summed E-state index contributed by atoms with van der Waals surface area (Å²) < 4.78 is 0. The van der Waals surface area contributed by atoms with Gasteiger partial charge < -0.3 is 0 Å². The molecular weight excluding hydrogens is 218 g/mol. The maximum Gasteiger partial charge on any atom is 0.211 e. The quantitative estimate of drug-likeness (QED) is 0.321. The Kier molecular flexibility index (Phi) is 1.89. The van der Waals surface area contributed by atoms with Crippen LogP contribution in [-0.2, 0) is 0 Å². The molecule has 1 N–H and O–H groups in total. The number of aromatic nitrogens is 1. The first-order chi connectivity index (χ1) is 8.92. The van der Waals surface area contributed by atoms with E-state index >= 15 is 0 Å². The Hall–Kier alpha value is -2.41.